The maximum Gasteiger partial charge on any atom is 0.0782 e. The van der Waals surface area contributed by atoms with Crippen LogP contribution >= 0.6 is 0 Å². The molecule has 4 nitrogen and oxygen atoms in total. The Morgan fingerprint density at radius 1 is 0.962 bits per heavy atom. The number of hydrogen-bond acceptors (Lipinski definition) is 3. The van der Waals surface area contributed by atoms with Crippen LogP contribution in [0.5, 0.6) is 0 Å². The molecule has 1 aromatic carbocycles. The average Bonchev–Trinajstić information content (AvgIpc) is 3.42. The number of hydrogen-bond donors (Lipinski definition) is 0. The van der Waals surface area contributed by atoms with Crippen LogP contribution in [0, 0.1) is 5.92 Å². The second kappa shape index (κ2) is 6.37. The molecule has 4 aromatic rings. The van der Waals surface area contributed by atoms with E-state index < -0.39 is 0 Å². The molecule has 3 aromatic heterocycles. The van der Waals surface area contributed by atoms with Gasteiger partial charge in [0.15, 0.2) is 0 Å². The molecule has 128 valence electrons. The maximum absolute atomic E-state index is 4.66. The Morgan fingerprint density at radius 2 is 1.85 bits per heavy atom. The van der Waals surface area contributed by atoms with Crippen molar-refractivity contribution in [2.45, 2.75) is 25.8 Å². The molecule has 0 amide bonds. The lowest BCUT2D eigenvalue weighted by molar-refractivity contribution is 0.547. The van der Waals surface area contributed by atoms with Gasteiger partial charge in [0.25, 0.3) is 0 Å². The summed E-state index contributed by atoms with van der Waals surface area (Å²) in [6.07, 6.45) is 11.8. The van der Waals surface area contributed by atoms with Gasteiger partial charge in [0.05, 0.1) is 17.4 Å². The van der Waals surface area contributed by atoms with Gasteiger partial charge in [-0.25, -0.2) is 0 Å². The van der Waals surface area contributed by atoms with E-state index >= 15 is 0 Å². The number of nitrogens with zero attached hydrogens (tertiary/aromatic N) is 4. The summed E-state index contributed by atoms with van der Waals surface area (Å²) in [4.78, 5) is 9.14. The Hall–Kier alpha value is -3.01. The second-order valence-electron chi connectivity index (χ2n) is 7.03. The van der Waals surface area contributed by atoms with Gasteiger partial charge in [0.1, 0.15) is 0 Å². The van der Waals surface area contributed by atoms with Crippen LogP contribution in [0.15, 0.2) is 67.3 Å². The summed E-state index contributed by atoms with van der Waals surface area (Å²) in [6.45, 7) is 1.00. The molecule has 0 bridgehead atoms. The summed E-state index contributed by atoms with van der Waals surface area (Å²) < 4.78 is 2.06. The average molecular weight is 340 g/mol. The molecule has 1 aliphatic rings. The van der Waals surface area contributed by atoms with Crippen molar-refractivity contribution in [1.82, 2.24) is 19.7 Å². The molecule has 3 heterocycles. The zero-order valence-electron chi connectivity index (χ0n) is 14.5. The summed E-state index contributed by atoms with van der Waals surface area (Å²) in [7, 11) is 0. The fourth-order valence-corrected chi connectivity index (χ4v) is 3.43. The third-order valence-electron chi connectivity index (χ3n) is 5.09. The molecule has 0 atom stereocenters. The standard InChI is InChI=1S/C22H20N4/c1-3-17-7-8-18(13-21(17)23-10-1)22-20(4-2-11-24-22)19-14-25-26(15-19)12-9-16-5-6-16/h1-4,7-8,10-11,13-16H,5-6,9,12H2. The molecule has 4 heteroatoms. The second-order valence-corrected chi connectivity index (χ2v) is 7.03. The van der Waals surface area contributed by atoms with Crippen LogP contribution in [0.3, 0.4) is 0 Å². The normalized spacial score (nSPS) is 14.0. The van der Waals surface area contributed by atoms with Crippen LogP contribution < -0.4 is 0 Å². The van der Waals surface area contributed by atoms with Crippen LogP contribution in [0.4, 0.5) is 0 Å². The Labute approximate surface area is 152 Å². The lowest BCUT2D eigenvalue weighted by atomic mass is 10.0. The number of aryl methyl sites for hydroxylation is 1. The molecule has 5 rings (SSSR count). The van der Waals surface area contributed by atoms with Gasteiger partial charge in [0.2, 0.25) is 0 Å². The van der Waals surface area contributed by atoms with E-state index in [4.69, 9.17) is 0 Å². The quantitative estimate of drug-likeness (QED) is 0.516. The Bertz CT molecular complexity index is 1060. The SMILES string of the molecule is c1cnc(-c2ccc3cccnc3c2)c(-c2cnn(CCC3CC3)c2)c1. The highest BCUT2D eigenvalue weighted by atomic mass is 15.3. The van der Waals surface area contributed by atoms with Gasteiger partial charge in [-0.2, -0.15) is 5.10 Å². The highest BCUT2D eigenvalue weighted by Gasteiger charge is 2.21. The molecule has 0 unspecified atom stereocenters. The van der Waals surface area contributed by atoms with Crippen LogP contribution in [0.1, 0.15) is 19.3 Å². The van der Waals surface area contributed by atoms with Crippen molar-refractivity contribution < 1.29 is 0 Å². The number of rotatable bonds is 5. The van der Waals surface area contributed by atoms with Crippen LogP contribution in [0.2, 0.25) is 0 Å². The van der Waals surface area contributed by atoms with Crippen molar-refractivity contribution in [3.63, 3.8) is 0 Å². The lowest BCUT2D eigenvalue weighted by Gasteiger charge is -2.08. The highest BCUT2D eigenvalue weighted by molar-refractivity contribution is 5.87. The molecule has 1 aliphatic carbocycles. The third-order valence-corrected chi connectivity index (χ3v) is 5.09. The van der Waals surface area contributed by atoms with Gasteiger partial charge in [-0.15, -0.1) is 0 Å². The molecule has 0 radical (unpaired) electrons. The van der Waals surface area contributed by atoms with Crippen molar-refractivity contribution in [3.8, 4) is 22.4 Å². The number of aromatic nitrogens is 4. The van der Waals surface area contributed by atoms with E-state index in [1.54, 1.807) is 0 Å². The van der Waals surface area contributed by atoms with Gasteiger partial charge in [-0.1, -0.05) is 37.1 Å². The zero-order chi connectivity index (χ0) is 17.3. The van der Waals surface area contributed by atoms with Gasteiger partial charge >= 0.3 is 0 Å². The van der Waals surface area contributed by atoms with Crippen molar-refractivity contribution in [2.24, 2.45) is 5.92 Å². The maximum atomic E-state index is 4.66. The zero-order valence-corrected chi connectivity index (χ0v) is 14.5. The first-order chi connectivity index (χ1) is 12.9. The first-order valence-corrected chi connectivity index (χ1v) is 9.20. The molecule has 0 spiro atoms. The number of fused-ring (bicyclic) bond motifs is 1. The topological polar surface area (TPSA) is 43.6 Å². The summed E-state index contributed by atoms with van der Waals surface area (Å²) in [5.41, 5.74) is 5.27. The van der Waals surface area contributed by atoms with Crippen molar-refractivity contribution in [2.75, 3.05) is 0 Å². The minimum absolute atomic E-state index is 0.918. The van der Waals surface area contributed by atoms with Crippen molar-refractivity contribution >= 4 is 10.9 Å². The largest absolute Gasteiger partial charge is 0.272 e. The Morgan fingerprint density at radius 3 is 2.77 bits per heavy atom. The molecule has 0 N–H and O–H groups in total. The molecule has 1 saturated carbocycles. The molecule has 0 saturated heterocycles. The molecular formula is C22H20N4. The van der Waals surface area contributed by atoms with E-state index in [1.807, 2.05) is 30.7 Å². The Kier molecular flexibility index (Phi) is 3.74. The van der Waals surface area contributed by atoms with E-state index in [-0.39, 0.29) is 0 Å². The van der Waals surface area contributed by atoms with Crippen molar-refractivity contribution in [1.29, 1.82) is 0 Å². The number of pyridine rings is 2. The van der Waals surface area contributed by atoms with Gasteiger partial charge in [-0.3, -0.25) is 14.6 Å². The molecule has 1 fully saturated rings. The van der Waals surface area contributed by atoms with E-state index in [0.29, 0.717) is 0 Å². The van der Waals surface area contributed by atoms with Crippen LogP contribution in [-0.2, 0) is 6.54 Å². The van der Waals surface area contributed by atoms with Gasteiger partial charge in [-0.05, 0) is 30.5 Å². The Balaban J connectivity index is 1.51. The van der Waals surface area contributed by atoms with Gasteiger partial charge in [0, 0.05) is 47.2 Å². The van der Waals surface area contributed by atoms with Gasteiger partial charge < -0.3 is 0 Å². The fourth-order valence-electron chi connectivity index (χ4n) is 3.43. The van der Waals surface area contributed by atoms with E-state index in [1.165, 1.54) is 19.3 Å². The first kappa shape index (κ1) is 15.3. The fraction of sp³-hybridized carbons (Fsp3) is 0.227. The number of benzene rings is 1. The first-order valence-electron chi connectivity index (χ1n) is 9.20. The van der Waals surface area contributed by atoms with E-state index in [2.05, 4.69) is 56.3 Å². The summed E-state index contributed by atoms with van der Waals surface area (Å²) in [6, 6.07) is 14.5. The summed E-state index contributed by atoms with van der Waals surface area (Å²) >= 11 is 0. The van der Waals surface area contributed by atoms with Crippen molar-refractivity contribution in [3.05, 3.63) is 67.3 Å². The minimum Gasteiger partial charge on any atom is -0.272 e. The minimum atomic E-state index is 0.918. The molecule has 26 heavy (non-hydrogen) atoms. The van der Waals surface area contributed by atoms with Crippen LogP contribution in [-0.4, -0.2) is 19.7 Å². The summed E-state index contributed by atoms with van der Waals surface area (Å²) in [5, 5.41) is 5.69. The summed E-state index contributed by atoms with van der Waals surface area (Å²) in [5.74, 6) is 0.918. The molecular weight excluding hydrogens is 320 g/mol. The predicted octanol–water partition coefficient (Wildman–Crippen LogP) is 4.96. The third kappa shape index (κ3) is 2.99. The van der Waals surface area contributed by atoms with E-state index in [0.717, 1.165) is 45.7 Å². The lowest BCUT2D eigenvalue weighted by Crippen LogP contribution is -1.98. The highest BCUT2D eigenvalue weighted by Crippen LogP contribution is 2.34. The van der Waals surface area contributed by atoms with E-state index in [9.17, 15) is 0 Å². The smallest absolute Gasteiger partial charge is 0.0782 e. The predicted molar refractivity (Wildman–Crippen MR) is 104 cm³/mol. The molecule has 0 aliphatic heterocycles. The monoisotopic (exact) mass is 340 g/mol. The van der Waals surface area contributed by atoms with Crippen LogP contribution in [0.25, 0.3) is 33.3 Å².